The predicted octanol–water partition coefficient (Wildman–Crippen LogP) is 0.762. The van der Waals surface area contributed by atoms with Crippen LogP contribution in [0.25, 0.3) is 44.3 Å². The molecule has 3 aromatic carbocycles. The first-order chi connectivity index (χ1) is 43.6. The maximum Gasteiger partial charge on any atom is 0.337 e. The first-order valence-corrected chi connectivity index (χ1v) is 29.8. The van der Waals surface area contributed by atoms with Crippen molar-refractivity contribution >= 4 is 58.1 Å². The van der Waals surface area contributed by atoms with Gasteiger partial charge in [0.1, 0.15) is 60.0 Å². The van der Waals surface area contributed by atoms with Gasteiger partial charge in [-0.15, -0.1) is 0 Å². The third-order valence-corrected chi connectivity index (χ3v) is 16.6. The minimum Gasteiger partial charge on any atom is -0.508 e. The SMILES string of the molecule is COCCC(=O)CC(O)C1CCCCC1NCC(C=O)N=C(N)NC(CO)(OC(=O)C(NCCC=O)C(=O)O)C1OC(Oc2ccc3c(=O)c(-c4ccc(O)cc4)coc3c2)C(On2cc3cc[nH]c3c2-c2cc(C)cc(C)c2)C(O)(C(O)CCCO)C1(O)CO. The Balaban J connectivity index is 1.29. The van der Waals surface area contributed by atoms with Gasteiger partial charge in [-0.2, -0.15) is 4.73 Å². The summed E-state index contributed by atoms with van der Waals surface area (Å²) in [5, 5.41) is 114. The number of hydrogen-bond donors (Lipinski definition) is 14. The first kappa shape index (κ1) is 68.8. The van der Waals surface area contributed by atoms with Crippen molar-refractivity contribution in [3.63, 3.8) is 0 Å². The molecule has 8 rings (SSSR count). The molecule has 28 heteroatoms. The second-order valence-corrected chi connectivity index (χ2v) is 23.0. The molecule has 1 aliphatic heterocycles. The van der Waals surface area contributed by atoms with E-state index >= 15 is 0 Å². The van der Waals surface area contributed by atoms with Crippen LogP contribution in [0.3, 0.4) is 0 Å². The van der Waals surface area contributed by atoms with Crippen LogP contribution in [-0.2, 0) is 38.2 Å². The van der Waals surface area contributed by atoms with E-state index in [2.05, 4.69) is 25.9 Å². The number of carboxylic acids is 1. The van der Waals surface area contributed by atoms with Gasteiger partial charge in [-0.3, -0.25) is 14.9 Å². The van der Waals surface area contributed by atoms with Gasteiger partial charge in [-0.25, -0.2) is 14.6 Å². The fraction of sp³-hybridized carbons (Fsp3) is 0.476. The van der Waals surface area contributed by atoms with Crippen LogP contribution in [0.5, 0.6) is 11.5 Å². The third-order valence-electron chi connectivity index (χ3n) is 16.6. The molecule has 1 aliphatic carbocycles. The van der Waals surface area contributed by atoms with E-state index in [1.165, 1.54) is 60.5 Å². The number of Topliss-reactive ketones (excluding diaryl/α,β-unsaturated/α-hetero) is 1. The van der Waals surface area contributed by atoms with E-state index in [1.54, 1.807) is 12.3 Å². The van der Waals surface area contributed by atoms with E-state index in [0.717, 1.165) is 30.2 Å². The molecule has 2 fully saturated rings. The van der Waals surface area contributed by atoms with E-state index in [9.17, 15) is 74.7 Å². The lowest BCUT2D eigenvalue weighted by atomic mass is 9.66. The number of carboxylic acid groups (broad SMARTS) is 1. The number of esters is 1. The Morgan fingerprint density at radius 3 is 2.40 bits per heavy atom. The number of nitrogens with zero attached hydrogens (tertiary/aromatic N) is 2. The topological polar surface area (TPSA) is 439 Å². The van der Waals surface area contributed by atoms with Crippen LogP contribution in [0.4, 0.5) is 0 Å². The summed E-state index contributed by atoms with van der Waals surface area (Å²) < 4.78 is 31.3. The summed E-state index contributed by atoms with van der Waals surface area (Å²) in [6, 6.07) is 12.6. The molecule has 4 heterocycles. The number of aliphatic hydroxyl groups excluding tert-OH is 5. The second kappa shape index (κ2) is 30.3. The number of guanidine groups is 1. The van der Waals surface area contributed by atoms with Crippen molar-refractivity contribution in [1.82, 2.24) is 25.7 Å². The zero-order chi connectivity index (χ0) is 65.8. The summed E-state index contributed by atoms with van der Waals surface area (Å²) in [4.78, 5) is 92.7. The Kier molecular flexibility index (Phi) is 22.9. The third kappa shape index (κ3) is 15.1. The molecule has 12 atom stereocenters. The molecule has 2 aliphatic rings. The summed E-state index contributed by atoms with van der Waals surface area (Å²) >= 11 is 0. The minimum atomic E-state index is -3.57. The number of ketones is 1. The van der Waals surface area contributed by atoms with Gasteiger partial charge in [0.15, 0.2) is 28.7 Å². The number of hydrogen-bond acceptors (Lipinski definition) is 23. The highest BCUT2D eigenvalue weighted by molar-refractivity contribution is 5.99. The molecule has 15 N–H and O–H groups in total. The molecule has 12 unspecified atom stereocenters. The Morgan fingerprint density at radius 2 is 1.73 bits per heavy atom. The van der Waals surface area contributed by atoms with Gasteiger partial charge < -0.3 is 105 Å². The molecule has 91 heavy (non-hydrogen) atoms. The number of aromatic hydroxyl groups is 1. The number of carbonyl (C=O) groups excluding carboxylic acids is 4. The van der Waals surface area contributed by atoms with Crippen LogP contribution < -0.4 is 36.7 Å². The van der Waals surface area contributed by atoms with Crippen LogP contribution in [0.2, 0.25) is 0 Å². The van der Waals surface area contributed by atoms with Gasteiger partial charge in [-0.1, -0.05) is 42.2 Å². The van der Waals surface area contributed by atoms with E-state index < -0.39 is 128 Å². The van der Waals surface area contributed by atoms with Crippen molar-refractivity contribution in [2.75, 3.05) is 46.6 Å². The number of aryl methyl sites for hydroxylation is 2. The number of ether oxygens (including phenoxy) is 4. The average molecular weight is 1270 g/mol. The lowest BCUT2D eigenvalue weighted by Crippen LogP contribution is -2.86. The van der Waals surface area contributed by atoms with Gasteiger partial charge in [0.2, 0.25) is 24.2 Å². The number of aldehydes is 2. The monoisotopic (exact) mass is 1270 g/mol. The maximum absolute atomic E-state index is 14.6. The Morgan fingerprint density at radius 1 is 0.989 bits per heavy atom. The van der Waals surface area contributed by atoms with Gasteiger partial charge in [-0.05, 0) is 87.6 Å². The molecule has 1 saturated carbocycles. The number of aromatic nitrogens is 2. The molecular formula is C63H79N7O21. The standard InChI is InChI=1S/C63H79N7O21/c1-35-24-36(2)26-39(25-35)53-51-38(17-20-66-51)30-70(53)91-55-58(88-43-15-16-45-49(28-43)87-32-46(54(45)80)37-11-13-41(76)14-12-37)89-59(61(84,33-74)63(55,85)50(79)10-6-21-71)62(34-75,90-57(83)52(56(81)82)65-19-7-22-72)69-60(64)68-40(31-73)29-67-47-9-5-4-8-44(47)48(78)27-42(77)18-23-86-3/h11-17,20,22,24-26,28,30-32,40,44,47-48,50,52,55,58-59,65-67,71,74-76,78-79,84-85H,4-10,18-19,21,23,27,29,33-34H2,1-3H3,(H,81,82)(H3,64,68,69). The van der Waals surface area contributed by atoms with Crippen molar-refractivity contribution < 1.29 is 98.1 Å². The molecule has 6 aromatic rings. The van der Waals surface area contributed by atoms with E-state index in [4.69, 9.17) is 33.9 Å². The fourth-order valence-corrected chi connectivity index (χ4v) is 12.1. The van der Waals surface area contributed by atoms with Crippen LogP contribution in [0.15, 0.2) is 99.6 Å². The number of aliphatic hydroxyl groups is 7. The van der Waals surface area contributed by atoms with Gasteiger partial charge in [0.25, 0.3) is 0 Å². The first-order valence-electron chi connectivity index (χ1n) is 29.8. The van der Waals surface area contributed by atoms with Crippen molar-refractivity contribution in [2.24, 2.45) is 16.6 Å². The van der Waals surface area contributed by atoms with Crippen molar-refractivity contribution in [3.05, 3.63) is 107 Å². The molecule has 3 aromatic heterocycles. The highest BCUT2D eigenvalue weighted by atomic mass is 16.8. The minimum absolute atomic E-state index is 0.0179. The zero-order valence-corrected chi connectivity index (χ0v) is 50.4. The number of aromatic amines is 1. The number of rotatable bonds is 32. The van der Waals surface area contributed by atoms with Crippen molar-refractivity contribution in [3.8, 4) is 33.9 Å². The summed E-state index contributed by atoms with van der Waals surface area (Å²) in [6.45, 7) is -0.825. The van der Waals surface area contributed by atoms with E-state index in [0.29, 0.717) is 53.1 Å². The van der Waals surface area contributed by atoms with Crippen LogP contribution >= 0.6 is 0 Å². The Bertz CT molecular complexity index is 3570. The van der Waals surface area contributed by atoms with E-state index in [1.807, 2.05) is 32.0 Å². The fourth-order valence-electron chi connectivity index (χ4n) is 12.1. The summed E-state index contributed by atoms with van der Waals surface area (Å²) in [7, 11) is 1.45. The lowest BCUT2D eigenvalue weighted by molar-refractivity contribution is -0.400. The van der Waals surface area contributed by atoms with Gasteiger partial charge >= 0.3 is 11.9 Å². The number of methoxy groups -OCH3 is 1. The molecule has 1 saturated heterocycles. The van der Waals surface area contributed by atoms with Gasteiger partial charge in [0, 0.05) is 81.2 Å². The van der Waals surface area contributed by atoms with Crippen LogP contribution in [0, 0.1) is 19.8 Å². The molecule has 0 amide bonds. The molecule has 492 valence electrons. The maximum atomic E-state index is 14.6. The summed E-state index contributed by atoms with van der Waals surface area (Å²) in [5.41, 5.74) is -0.897. The summed E-state index contributed by atoms with van der Waals surface area (Å²) in [6.07, 6.45) is -4.50. The number of nitrogens with one attached hydrogen (secondary N) is 4. The number of fused-ring (bicyclic) bond motifs is 2. The largest absolute Gasteiger partial charge is 0.508 e. The van der Waals surface area contributed by atoms with Crippen molar-refractivity contribution in [2.45, 2.75) is 137 Å². The number of nitrogens with two attached hydrogens (primary N) is 1. The highest BCUT2D eigenvalue weighted by Gasteiger charge is 2.75. The van der Waals surface area contributed by atoms with Crippen LogP contribution in [0.1, 0.15) is 68.9 Å². The highest BCUT2D eigenvalue weighted by Crippen LogP contribution is 2.47. The number of H-pyrrole nitrogens is 1. The Labute approximate surface area is 521 Å². The smallest absolute Gasteiger partial charge is 0.337 e. The lowest BCUT2D eigenvalue weighted by Gasteiger charge is -2.59. The number of aliphatic carboxylic acids is 1. The molecule has 28 nitrogen and oxygen atoms in total. The molecule has 0 spiro atoms. The van der Waals surface area contributed by atoms with Crippen molar-refractivity contribution in [1.29, 1.82) is 0 Å². The van der Waals surface area contributed by atoms with Crippen LogP contribution in [-0.4, -0.2) is 204 Å². The number of carbonyl (C=O) groups is 5. The zero-order valence-electron chi connectivity index (χ0n) is 50.4. The van der Waals surface area contributed by atoms with Gasteiger partial charge in [0.05, 0.1) is 48.1 Å². The number of aliphatic imine (C=N–C) groups is 1. The normalized spacial score (nSPS) is 23.1. The number of phenols is 1. The molecular weight excluding hydrogens is 1190 g/mol. The Hall–Kier alpha value is -8.13. The number of benzene rings is 3. The second-order valence-electron chi connectivity index (χ2n) is 23.0. The average Bonchev–Trinajstić information content (AvgIpc) is 0.740. The predicted molar refractivity (Wildman–Crippen MR) is 326 cm³/mol. The van der Waals surface area contributed by atoms with E-state index in [-0.39, 0.29) is 72.6 Å². The molecule has 0 radical (unpaired) electrons. The molecule has 0 bridgehead atoms. The number of phenolic OH excluding ortho intramolecular Hbond substituents is 1. The quantitative estimate of drug-likeness (QED) is 0.00527. The summed E-state index contributed by atoms with van der Waals surface area (Å²) in [5.74, 6) is -5.53.